The topological polar surface area (TPSA) is 101 Å². The van der Waals surface area contributed by atoms with E-state index >= 15 is 0 Å². The number of nitrogens with one attached hydrogen (secondary N) is 2. The van der Waals surface area contributed by atoms with Crippen molar-refractivity contribution in [2.24, 2.45) is 0 Å². The summed E-state index contributed by atoms with van der Waals surface area (Å²) in [4.78, 5) is 8.55. The van der Waals surface area contributed by atoms with Crippen molar-refractivity contribution in [3.05, 3.63) is 65.7 Å². The van der Waals surface area contributed by atoms with Crippen molar-refractivity contribution >= 4 is 26.9 Å². The molecule has 0 amide bonds. The molecule has 0 saturated heterocycles. The third-order valence-corrected chi connectivity index (χ3v) is 5.88. The lowest BCUT2D eigenvalue weighted by Crippen LogP contribution is -2.14. The lowest BCUT2D eigenvalue weighted by molar-refractivity contribution is 0.570. The van der Waals surface area contributed by atoms with Gasteiger partial charge in [0.15, 0.2) is 5.65 Å². The van der Waals surface area contributed by atoms with E-state index < -0.39 is 15.8 Å². The number of hydrogen-bond acceptors (Lipinski definition) is 5. The molecule has 0 radical (unpaired) electrons. The molecule has 7 nitrogen and oxygen atoms in total. The maximum atomic E-state index is 14.0. The van der Waals surface area contributed by atoms with E-state index in [1.54, 1.807) is 37.4 Å². The Bertz CT molecular complexity index is 1300. The van der Waals surface area contributed by atoms with Gasteiger partial charge in [0.2, 0.25) is 0 Å². The number of H-pyrrole nitrogens is 1. The first kappa shape index (κ1) is 19.0. The van der Waals surface area contributed by atoms with Gasteiger partial charge < -0.3 is 0 Å². The fourth-order valence-corrected chi connectivity index (χ4v) is 4.20. The Balaban J connectivity index is 1.60. The van der Waals surface area contributed by atoms with Gasteiger partial charge in [-0.3, -0.25) is 9.82 Å². The van der Waals surface area contributed by atoms with Gasteiger partial charge in [-0.25, -0.2) is 22.8 Å². The second-order valence-electron chi connectivity index (χ2n) is 6.59. The molecule has 0 bridgehead atoms. The third-order valence-electron chi connectivity index (χ3n) is 4.49. The molecule has 148 valence electrons. The largest absolute Gasteiger partial charge is 0.280 e. The number of nitrogens with zero attached hydrogens (tertiary/aromatic N) is 3. The van der Waals surface area contributed by atoms with Crippen LogP contribution in [-0.4, -0.2) is 28.6 Å². The van der Waals surface area contributed by atoms with Gasteiger partial charge in [0.25, 0.3) is 10.0 Å². The molecule has 0 fully saturated rings. The van der Waals surface area contributed by atoms with E-state index in [1.807, 2.05) is 6.92 Å². The first-order chi connectivity index (χ1) is 13.9. The molecule has 2 aromatic heterocycles. The number of aryl methyl sites for hydroxylation is 2. The van der Waals surface area contributed by atoms with Crippen molar-refractivity contribution in [2.75, 3.05) is 4.72 Å². The summed E-state index contributed by atoms with van der Waals surface area (Å²) < 4.78 is 41.4. The molecule has 2 N–H and O–H groups in total. The lowest BCUT2D eigenvalue weighted by Gasteiger charge is -2.10. The molecule has 0 spiro atoms. The Labute approximate surface area is 167 Å². The second kappa shape index (κ2) is 7.25. The number of halogens is 1. The summed E-state index contributed by atoms with van der Waals surface area (Å²) in [5.74, 6) is -0.797. The minimum atomic E-state index is -4.04. The summed E-state index contributed by atoms with van der Waals surface area (Å²) in [6, 6.07) is 10.6. The first-order valence-electron chi connectivity index (χ1n) is 8.97. The van der Waals surface area contributed by atoms with Crippen LogP contribution >= 0.6 is 0 Å². The van der Waals surface area contributed by atoms with Crippen LogP contribution in [0.4, 0.5) is 10.1 Å². The van der Waals surface area contributed by atoms with Crippen molar-refractivity contribution in [3.8, 4) is 11.3 Å². The van der Waals surface area contributed by atoms with Gasteiger partial charge in [-0.2, -0.15) is 5.10 Å². The molecule has 0 aliphatic carbocycles. The monoisotopic (exact) mass is 411 g/mol. The number of aromatic nitrogens is 4. The molecule has 4 rings (SSSR count). The van der Waals surface area contributed by atoms with Crippen molar-refractivity contribution in [2.45, 2.75) is 25.2 Å². The highest BCUT2D eigenvalue weighted by Crippen LogP contribution is 2.24. The minimum Gasteiger partial charge on any atom is -0.280 e. The van der Waals surface area contributed by atoms with Crippen LogP contribution in [0.25, 0.3) is 22.4 Å². The molecule has 29 heavy (non-hydrogen) atoms. The summed E-state index contributed by atoms with van der Waals surface area (Å²) in [5.41, 5.74) is 4.55. The van der Waals surface area contributed by atoms with Crippen LogP contribution in [0.5, 0.6) is 0 Å². The van der Waals surface area contributed by atoms with E-state index in [0.717, 1.165) is 29.3 Å². The van der Waals surface area contributed by atoms with E-state index in [1.165, 1.54) is 12.1 Å². The molecule has 0 saturated carbocycles. The smallest absolute Gasteiger partial charge is 0.264 e. The van der Waals surface area contributed by atoms with Crippen LogP contribution in [0, 0.1) is 12.7 Å². The van der Waals surface area contributed by atoms with Crippen LogP contribution in [0.3, 0.4) is 0 Å². The van der Waals surface area contributed by atoms with Gasteiger partial charge in [-0.15, -0.1) is 0 Å². The second-order valence-corrected chi connectivity index (χ2v) is 8.24. The highest BCUT2D eigenvalue weighted by molar-refractivity contribution is 7.92. The molecular formula is C20H18FN5O2S. The third kappa shape index (κ3) is 3.68. The van der Waals surface area contributed by atoms with E-state index in [2.05, 4.69) is 24.9 Å². The number of sulfonamides is 1. The number of rotatable bonds is 5. The van der Waals surface area contributed by atoms with Gasteiger partial charge in [0.1, 0.15) is 16.2 Å². The summed E-state index contributed by atoms with van der Waals surface area (Å²) in [6.45, 7) is 3.70. The molecule has 2 aromatic carbocycles. The lowest BCUT2D eigenvalue weighted by atomic mass is 10.1. The van der Waals surface area contributed by atoms with Crippen molar-refractivity contribution in [1.29, 1.82) is 0 Å². The Kier molecular flexibility index (Phi) is 4.75. The van der Waals surface area contributed by atoms with Gasteiger partial charge in [-0.05, 0) is 43.2 Å². The number of benzene rings is 2. The number of fused-ring (bicyclic) bond motifs is 1. The summed E-state index contributed by atoms with van der Waals surface area (Å²) in [5, 5.41) is 7.06. The highest BCUT2D eigenvalue weighted by Gasteiger charge is 2.19. The van der Waals surface area contributed by atoms with E-state index in [-0.39, 0.29) is 4.90 Å². The van der Waals surface area contributed by atoms with Gasteiger partial charge in [-0.1, -0.05) is 25.1 Å². The zero-order valence-corrected chi connectivity index (χ0v) is 16.6. The summed E-state index contributed by atoms with van der Waals surface area (Å²) in [6.07, 6.45) is 2.41. The Hall–Kier alpha value is -3.33. The van der Waals surface area contributed by atoms with Gasteiger partial charge in [0, 0.05) is 11.3 Å². The molecule has 9 heteroatoms. The van der Waals surface area contributed by atoms with Crippen LogP contribution < -0.4 is 4.72 Å². The maximum Gasteiger partial charge on any atom is 0.264 e. The molecule has 0 atom stereocenters. The van der Waals surface area contributed by atoms with E-state index in [4.69, 9.17) is 0 Å². The predicted octanol–water partition coefficient (Wildman–Crippen LogP) is 3.83. The van der Waals surface area contributed by atoms with Crippen molar-refractivity contribution in [1.82, 2.24) is 20.2 Å². The standard InChI is InChI=1S/C20H18FN5O2S/c1-3-16-19-20(25-24-16)23-17(11-22-19)13-5-7-14(8-6-13)26-29(27,28)18-10-12(2)4-9-15(18)21/h4-11,26H,3H2,1-2H3,(H,23,24,25). The quantitative estimate of drug-likeness (QED) is 0.520. The fourth-order valence-electron chi connectivity index (χ4n) is 2.97. The first-order valence-corrected chi connectivity index (χ1v) is 10.4. The predicted molar refractivity (Wildman–Crippen MR) is 108 cm³/mol. The molecule has 2 heterocycles. The average molecular weight is 411 g/mol. The van der Waals surface area contributed by atoms with Crippen LogP contribution in [-0.2, 0) is 16.4 Å². The number of anilines is 1. The van der Waals surface area contributed by atoms with Crippen molar-refractivity contribution < 1.29 is 12.8 Å². The van der Waals surface area contributed by atoms with E-state index in [9.17, 15) is 12.8 Å². The Morgan fingerprint density at radius 1 is 1.14 bits per heavy atom. The van der Waals surface area contributed by atoms with Crippen LogP contribution in [0.15, 0.2) is 53.6 Å². The van der Waals surface area contributed by atoms with E-state index in [0.29, 0.717) is 22.6 Å². The zero-order chi connectivity index (χ0) is 20.6. The van der Waals surface area contributed by atoms with Gasteiger partial charge >= 0.3 is 0 Å². The Morgan fingerprint density at radius 3 is 2.62 bits per heavy atom. The minimum absolute atomic E-state index is 0.318. The molecule has 0 unspecified atom stereocenters. The number of hydrogen-bond donors (Lipinski definition) is 2. The molecule has 4 aromatic rings. The highest BCUT2D eigenvalue weighted by atomic mass is 32.2. The Morgan fingerprint density at radius 2 is 1.90 bits per heavy atom. The summed E-state index contributed by atoms with van der Waals surface area (Å²) in [7, 11) is -4.04. The number of aromatic amines is 1. The maximum absolute atomic E-state index is 14.0. The van der Waals surface area contributed by atoms with Crippen LogP contribution in [0.2, 0.25) is 0 Å². The summed E-state index contributed by atoms with van der Waals surface area (Å²) >= 11 is 0. The molecule has 0 aliphatic rings. The normalized spacial score (nSPS) is 11.7. The molecule has 0 aliphatic heterocycles. The van der Waals surface area contributed by atoms with Crippen LogP contribution in [0.1, 0.15) is 18.2 Å². The zero-order valence-electron chi connectivity index (χ0n) is 15.8. The average Bonchev–Trinajstić information content (AvgIpc) is 3.12. The fraction of sp³-hybridized carbons (Fsp3) is 0.150. The van der Waals surface area contributed by atoms with Crippen molar-refractivity contribution in [3.63, 3.8) is 0 Å². The van der Waals surface area contributed by atoms with Gasteiger partial charge in [0.05, 0.1) is 17.6 Å². The SMILES string of the molecule is CCc1n[nH]c2nc(-c3ccc(NS(=O)(=O)c4cc(C)ccc4F)cc3)cnc12. The molecular weight excluding hydrogens is 393 g/mol.